The highest BCUT2D eigenvalue weighted by atomic mass is 79.9. The summed E-state index contributed by atoms with van der Waals surface area (Å²) >= 11 is 15.8. The van der Waals surface area contributed by atoms with Crippen LogP contribution < -0.4 is 5.32 Å². The molecule has 3 rings (SSSR count). The number of aromatic nitrogens is 4. The Hall–Kier alpha value is -1.83. The van der Waals surface area contributed by atoms with Crippen LogP contribution >= 0.6 is 39.1 Å². The van der Waals surface area contributed by atoms with Crippen LogP contribution in [0.1, 0.15) is 24.2 Å². The topological polar surface area (TPSA) is 64.7 Å². The van der Waals surface area contributed by atoms with Crippen molar-refractivity contribution in [3.05, 3.63) is 62.6 Å². The van der Waals surface area contributed by atoms with Gasteiger partial charge < -0.3 is 5.32 Å². The van der Waals surface area contributed by atoms with E-state index in [9.17, 15) is 4.79 Å². The number of halogens is 3. The molecule has 1 amide bonds. The summed E-state index contributed by atoms with van der Waals surface area (Å²) in [6, 6.07) is 4.89. The van der Waals surface area contributed by atoms with Crippen molar-refractivity contribution in [1.29, 1.82) is 0 Å². The zero-order chi connectivity index (χ0) is 18.8. The summed E-state index contributed by atoms with van der Waals surface area (Å²) in [5, 5.41) is 12.6. The molecule has 0 spiro atoms. The number of nitrogens with one attached hydrogen (secondary N) is 1. The standard InChI is InChI=1S/C17H16BrCl2N5O/c1-10-14(18)9-25(23-10)11(2)17(26)22-12-6-21-24(7-12)8-13-15(19)4-3-5-16(13)20/h3-7,9,11H,8H2,1-2H3,(H,22,26). The number of anilines is 1. The van der Waals surface area contributed by atoms with E-state index in [1.54, 1.807) is 53.1 Å². The molecule has 1 aromatic carbocycles. The second kappa shape index (κ2) is 7.82. The number of amides is 1. The summed E-state index contributed by atoms with van der Waals surface area (Å²) in [6.07, 6.45) is 5.09. The Morgan fingerprint density at radius 2 is 2.00 bits per heavy atom. The van der Waals surface area contributed by atoms with Gasteiger partial charge in [-0.3, -0.25) is 14.2 Å². The molecule has 0 aliphatic rings. The van der Waals surface area contributed by atoms with Gasteiger partial charge in [0, 0.05) is 28.0 Å². The SMILES string of the molecule is Cc1nn(C(C)C(=O)Nc2cnn(Cc3c(Cl)cccc3Cl)c2)cc1Br. The van der Waals surface area contributed by atoms with Crippen molar-refractivity contribution >= 4 is 50.7 Å². The largest absolute Gasteiger partial charge is 0.322 e. The van der Waals surface area contributed by atoms with Crippen molar-refractivity contribution < 1.29 is 4.79 Å². The molecule has 0 saturated heterocycles. The normalized spacial score (nSPS) is 12.2. The molecule has 3 aromatic rings. The minimum atomic E-state index is -0.457. The van der Waals surface area contributed by atoms with Crippen LogP contribution in [0.25, 0.3) is 0 Å². The number of aryl methyl sites for hydroxylation is 1. The fourth-order valence-electron chi connectivity index (χ4n) is 2.38. The number of rotatable bonds is 5. The monoisotopic (exact) mass is 455 g/mol. The number of hydrogen-bond donors (Lipinski definition) is 1. The number of benzene rings is 1. The van der Waals surface area contributed by atoms with E-state index in [2.05, 4.69) is 31.4 Å². The Kier molecular flexibility index (Phi) is 5.70. The fourth-order valence-corrected chi connectivity index (χ4v) is 3.19. The van der Waals surface area contributed by atoms with Gasteiger partial charge in [-0.05, 0) is 41.9 Å². The molecule has 0 bridgehead atoms. The highest BCUT2D eigenvalue weighted by molar-refractivity contribution is 9.10. The van der Waals surface area contributed by atoms with Crippen molar-refractivity contribution in [3.8, 4) is 0 Å². The molecule has 2 heterocycles. The number of hydrogen-bond acceptors (Lipinski definition) is 3. The van der Waals surface area contributed by atoms with Gasteiger partial charge in [-0.2, -0.15) is 10.2 Å². The van der Waals surface area contributed by atoms with Crippen molar-refractivity contribution in [2.24, 2.45) is 0 Å². The van der Waals surface area contributed by atoms with Crippen LogP contribution in [0.2, 0.25) is 10.0 Å². The number of carbonyl (C=O) groups is 1. The van der Waals surface area contributed by atoms with Gasteiger partial charge >= 0.3 is 0 Å². The Labute approximate surface area is 169 Å². The van der Waals surface area contributed by atoms with Crippen LogP contribution in [0.5, 0.6) is 0 Å². The average molecular weight is 457 g/mol. The summed E-state index contributed by atoms with van der Waals surface area (Å²) < 4.78 is 4.15. The molecule has 1 atom stereocenters. The van der Waals surface area contributed by atoms with Crippen molar-refractivity contribution in [2.75, 3.05) is 5.32 Å². The molecule has 136 valence electrons. The van der Waals surface area contributed by atoms with E-state index >= 15 is 0 Å². The van der Waals surface area contributed by atoms with Crippen LogP contribution in [0.4, 0.5) is 5.69 Å². The zero-order valence-corrected chi connectivity index (χ0v) is 17.2. The number of carbonyl (C=O) groups excluding carboxylic acids is 1. The fraction of sp³-hybridized carbons (Fsp3) is 0.235. The van der Waals surface area contributed by atoms with Gasteiger partial charge in [-0.25, -0.2) is 0 Å². The molecule has 0 radical (unpaired) electrons. The maximum atomic E-state index is 12.4. The lowest BCUT2D eigenvalue weighted by Gasteiger charge is -2.11. The summed E-state index contributed by atoms with van der Waals surface area (Å²) in [4.78, 5) is 12.4. The summed E-state index contributed by atoms with van der Waals surface area (Å²) in [5.41, 5.74) is 2.20. The molecule has 0 aliphatic carbocycles. The van der Waals surface area contributed by atoms with E-state index in [0.29, 0.717) is 22.3 Å². The lowest BCUT2D eigenvalue weighted by molar-refractivity contribution is -0.119. The summed E-state index contributed by atoms with van der Waals surface area (Å²) in [7, 11) is 0. The summed E-state index contributed by atoms with van der Waals surface area (Å²) in [6.45, 7) is 4.06. The third kappa shape index (κ3) is 4.11. The molecular formula is C17H16BrCl2N5O. The molecule has 0 saturated carbocycles. The molecule has 26 heavy (non-hydrogen) atoms. The smallest absolute Gasteiger partial charge is 0.249 e. The van der Waals surface area contributed by atoms with E-state index in [1.807, 2.05) is 6.92 Å². The second-order valence-corrected chi connectivity index (χ2v) is 7.50. The molecule has 0 aliphatic heterocycles. The van der Waals surface area contributed by atoms with E-state index in [0.717, 1.165) is 15.7 Å². The second-order valence-electron chi connectivity index (χ2n) is 5.83. The highest BCUT2D eigenvalue weighted by Crippen LogP contribution is 2.25. The van der Waals surface area contributed by atoms with Crippen LogP contribution in [0.15, 0.2) is 41.3 Å². The van der Waals surface area contributed by atoms with Gasteiger partial charge in [0.1, 0.15) is 6.04 Å². The van der Waals surface area contributed by atoms with Crippen molar-refractivity contribution in [2.45, 2.75) is 26.4 Å². The van der Waals surface area contributed by atoms with E-state index < -0.39 is 6.04 Å². The van der Waals surface area contributed by atoms with Crippen molar-refractivity contribution in [1.82, 2.24) is 19.6 Å². The van der Waals surface area contributed by atoms with Gasteiger partial charge in [0.15, 0.2) is 0 Å². The maximum Gasteiger partial charge on any atom is 0.249 e. The first-order valence-electron chi connectivity index (χ1n) is 7.82. The third-order valence-electron chi connectivity index (χ3n) is 3.92. The van der Waals surface area contributed by atoms with Crippen LogP contribution in [0.3, 0.4) is 0 Å². The van der Waals surface area contributed by atoms with Crippen LogP contribution in [-0.2, 0) is 11.3 Å². The number of nitrogens with zero attached hydrogens (tertiary/aromatic N) is 4. The lowest BCUT2D eigenvalue weighted by Crippen LogP contribution is -2.23. The summed E-state index contributed by atoms with van der Waals surface area (Å²) in [5.74, 6) is -0.185. The molecule has 2 aromatic heterocycles. The average Bonchev–Trinajstić information content (AvgIpc) is 3.17. The predicted molar refractivity (Wildman–Crippen MR) is 106 cm³/mol. The van der Waals surface area contributed by atoms with Crippen LogP contribution in [-0.4, -0.2) is 25.5 Å². The molecular weight excluding hydrogens is 441 g/mol. The minimum absolute atomic E-state index is 0.185. The Bertz CT molecular complexity index is 913. The highest BCUT2D eigenvalue weighted by Gasteiger charge is 2.18. The third-order valence-corrected chi connectivity index (χ3v) is 5.40. The molecule has 9 heteroatoms. The van der Waals surface area contributed by atoms with Gasteiger partial charge in [-0.1, -0.05) is 29.3 Å². The Morgan fingerprint density at radius 3 is 2.62 bits per heavy atom. The van der Waals surface area contributed by atoms with Gasteiger partial charge in [0.2, 0.25) is 5.91 Å². The molecule has 0 fully saturated rings. The zero-order valence-electron chi connectivity index (χ0n) is 14.1. The quantitative estimate of drug-likeness (QED) is 0.604. The van der Waals surface area contributed by atoms with Crippen molar-refractivity contribution in [3.63, 3.8) is 0 Å². The predicted octanol–water partition coefficient (Wildman–Crippen LogP) is 4.71. The lowest BCUT2D eigenvalue weighted by atomic mass is 10.2. The first-order valence-corrected chi connectivity index (χ1v) is 9.37. The van der Waals surface area contributed by atoms with E-state index in [-0.39, 0.29) is 5.91 Å². The minimum Gasteiger partial charge on any atom is -0.322 e. The Morgan fingerprint density at radius 1 is 1.31 bits per heavy atom. The van der Waals surface area contributed by atoms with Crippen LogP contribution in [0, 0.1) is 6.92 Å². The molecule has 1 unspecified atom stereocenters. The first kappa shape index (κ1) is 18.9. The van der Waals surface area contributed by atoms with E-state index in [1.165, 1.54) is 0 Å². The Balaban J connectivity index is 1.69. The van der Waals surface area contributed by atoms with Gasteiger partial charge in [0.25, 0.3) is 0 Å². The van der Waals surface area contributed by atoms with E-state index in [4.69, 9.17) is 23.2 Å². The molecule has 1 N–H and O–H groups in total. The van der Waals surface area contributed by atoms with Gasteiger partial charge in [0.05, 0.1) is 28.6 Å². The molecule has 6 nitrogen and oxygen atoms in total. The maximum absolute atomic E-state index is 12.4. The first-order chi connectivity index (χ1) is 12.3. The van der Waals surface area contributed by atoms with Gasteiger partial charge in [-0.15, -0.1) is 0 Å².